The third-order valence-electron chi connectivity index (χ3n) is 1.99. The monoisotopic (exact) mass is 213 g/mol. The molecule has 0 rings (SSSR count). The first-order chi connectivity index (χ1) is 6.90. The number of carboxylic acids is 2. The second kappa shape index (κ2) is 5.98. The van der Waals surface area contributed by atoms with Gasteiger partial charge in [-0.3, -0.25) is 0 Å². The summed E-state index contributed by atoms with van der Waals surface area (Å²) < 4.78 is 0. The smallest absolute Gasteiger partial charge is 0.331 e. The molecule has 0 amide bonds. The van der Waals surface area contributed by atoms with Gasteiger partial charge in [-0.25, -0.2) is 9.59 Å². The van der Waals surface area contributed by atoms with Crippen molar-refractivity contribution >= 4 is 11.9 Å². The Kier molecular flexibility index (Phi) is 5.33. The summed E-state index contributed by atoms with van der Waals surface area (Å²) in [6, 6.07) is 0. The third kappa shape index (κ3) is 4.42. The second-order valence-corrected chi connectivity index (χ2v) is 3.17. The summed E-state index contributed by atoms with van der Waals surface area (Å²) in [5, 5.41) is 17.4. The van der Waals surface area contributed by atoms with Crippen molar-refractivity contribution in [1.82, 2.24) is 0 Å². The van der Waals surface area contributed by atoms with Crippen LogP contribution in [0.1, 0.15) is 13.3 Å². The van der Waals surface area contributed by atoms with Gasteiger partial charge in [0.25, 0.3) is 0 Å². The molecule has 0 radical (unpaired) electrons. The Labute approximate surface area is 87.9 Å². The molecule has 1 unspecified atom stereocenters. The third-order valence-corrected chi connectivity index (χ3v) is 1.99. The van der Waals surface area contributed by atoms with Crippen molar-refractivity contribution in [2.75, 3.05) is 6.54 Å². The molecule has 5 nitrogen and oxygen atoms in total. The molecular formula is C10H15NO4. The highest BCUT2D eigenvalue weighted by Gasteiger charge is 2.16. The highest BCUT2D eigenvalue weighted by molar-refractivity contribution is 5.89. The van der Waals surface area contributed by atoms with E-state index in [2.05, 4.69) is 6.58 Å². The minimum atomic E-state index is -1.14. The predicted molar refractivity (Wildman–Crippen MR) is 55.3 cm³/mol. The van der Waals surface area contributed by atoms with Crippen molar-refractivity contribution in [2.45, 2.75) is 13.3 Å². The van der Waals surface area contributed by atoms with Gasteiger partial charge >= 0.3 is 11.9 Å². The van der Waals surface area contributed by atoms with Crippen molar-refractivity contribution in [3.05, 3.63) is 23.8 Å². The van der Waals surface area contributed by atoms with Gasteiger partial charge in [0.1, 0.15) is 0 Å². The van der Waals surface area contributed by atoms with Gasteiger partial charge in [0.2, 0.25) is 0 Å². The molecule has 0 spiro atoms. The number of rotatable bonds is 6. The number of carboxylic acid groups (broad SMARTS) is 2. The molecule has 0 aromatic rings. The van der Waals surface area contributed by atoms with E-state index in [4.69, 9.17) is 15.9 Å². The number of allylic oxidation sites excluding steroid dienone is 1. The van der Waals surface area contributed by atoms with Crippen molar-refractivity contribution in [3.8, 4) is 0 Å². The topological polar surface area (TPSA) is 101 Å². The molecule has 4 N–H and O–H groups in total. The molecule has 0 aliphatic heterocycles. The molecule has 5 heteroatoms. The maximum absolute atomic E-state index is 10.6. The average molecular weight is 213 g/mol. The van der Waals surface area contributed by atoms with Gasteiger partial charge in [-0.1, -0.05) is 12.7 Å². The summed E-state index contributed by atoms with van der Waals surface area (Å²) in [6.07, 6.45) is 1.74. The number of nitrogens with two attached hydrogens (primary N) is 1. The first-order valence-electron chi connectivity index (χ1n) is 4.44. The van der Waals surface area contributed by atoms with E-state index in [1.54, 1.807) is 0 Å². The van der Waals surface area contributed by atoms with E-state index in [0.29, 0.717) is 6.42 Å². The molecular weight excluding hydrogens is 198 g/mol. The lowest BCUT2D eigenvalue weighted by molar-refractivity contribution is -0.134. The zero-order valence-corrected chi connectivity index (χ0v) is 8.56. The van der Waals surface area contributed by atoms with Crippen LogP contribution in [0.2, 0.25) is 0 Å². The van der Waals surface area contributed by atoms with Gasteiger partial charge in [0, 0.05) is 17.1 Å². The predicted octanol–water partition coefficient (Wildman–Crippen LogP) is 0.623. The van der Waals surface area contributed by atoms with Gasteiger partial charge < -0.3 is 15.9 Å². The van der Waals surface area contributed by atoms with E-state index in [-0.39, 0.29) is 17.7 Å². The fraction of sp³-hybridized carbons (Fsp3) is 0.400. The van der Waals surface area contributed by atoms with Crippen LogP contribution < -0.4 is 5.73 Å². The van der Waals surface area contributed by atoms with Crippen LogP contribution in [0.3, 0.4) is 0 Å². The summed E-state index contributed by atoms with van der Waals surface area (Å²) in [6.45, 7) is 5.07. The largest absolute Gasteiger partial charge is 0.478 e. The van der Waals surface area contributed by atoms with Crippen molar-refractivity contribution in [3.63, 3.8) is 0 Å². The Morgan fingerprint density at radius 3 is 2.27 bits per heavy atom. The zero-order valence-electron chi connectivity index (χ0n) is 8.56. The normalized spacial score (nSPS) is 13.3. The van der Waals surface area contributed by atoms with Gasteiger partial charge in [0.05, 0.1) is 0 Å². The molecule has 0 aromatic heterocycles. The lowest BCUT2D eigenvalue weighted by atomic mass is 9.94. The van der Waals surface area contributed by atoms with Gasteiger partial charge in [-0.15, -0.1) is 0 Å². The molecule has 0 aliphatic rings. The van der Waals surface area contributed by atoms with Crippen LogP contribution in [0.4, 0.5) is 0 Å². The minimum absolute atomic E-state index is 0.0407. The second-order valence-electron chi connectivity index (χ2n) is 3.17. The maximum atomic E-state index is 10.6. The van der Waals surface area contributed by atoms with Crippen molar-refractivity contribution < 1.29 is 19.8 Å². The average Bonchev–Trinajstić information content (AvgIpc) is 2.15. The molecule has 84 valence electrons. The van der Waals surface area contributed by atoms with E-state index in [1.807, 2.05) is 0 Å². The van der Waals surface area contributed by atoms with E-state index in [0.717, 1.165) is 0 Å². The van der Waals surface area contributed by atoms with E-state index in [1.165, 1.54) is 13.0 Å². The number of hydrogen-bond acceptors (Lipinski definition) is 3. The highest BCUT2D eigenvalue weighted by atomic mass is 16.4. The Balaban J connectivity index is 4.82. The Morgan fingerprint density at radius 1 is 1.40 bits per heavy atom. The van der Waals surface area contributed by atoms with Crippen LogP contribution >= 0.6 is 0 Å². The summed E-state index contributed by atoms with van der Waals surface area (Å²) in [7, 11) is 0. The van der Waals surface area contributed by atoms with E-state index in [9.17, 15) is 9.59 Å². The fourth-order valence-corrected chi connectivity index (χ4v) is 1.07. The van der Waals surface area contributed by atoms with Crippen LogP contribution in [0.5, 0.6) is 0 Å². The first-order valence-corrected chi connectivity index (χ1v) is 4.44. The Hall–Kier alpha value is -1.62. The summed E-state index contributed by atoms with van der Waals surface area (Å²) in [5.41, 5.74) is 5.36. The Morgan fingerprint density at radius 2 is 1.93 bits per heavy atom. The molecule has 0 saturated heterocycles. The minimum Gasteiger partial charge on any atom is -0.478 e. The van der Waals surface area contributed by atoms with E-state index < -0.39 is 17.9 Å². The zero-order chi connectivity index (χ0) is 12.0. The molecule has 15 heavy (non-hydrogen) atoms. The SMILES string of the molecule is C=C(C(=O)O)C(C=C(C)C(=O)O)CCN. The van der Waals surface area contributed by atoms with Gasteiger partial charge in [0.15, 0.2) is 0 Å². The lowest BCUT2D eigenvalue weighted by Gasteiger charge is -2.11. The van der Waals surface area contributed by atoms with Crippen molar-refractivity contribution in [2.24, 2.45) is 11.7 Å². The van der Waals surface area contributed by atoms with Crippen LogP contribution in [0.15, 0.2) is 23.8 Å². The number of hydrogen-bond donors (Lipinski definition) is 3. The molecule has 0 bridgehead atoms. The molecule has 0 fully saturated rings. The molecule has 0 heterocycles. The molecule has 0 saturated carbocycles. The van der Waals surface area contributed by atoms with Crippen LogP contribution in [0, 0.1) is 5.92 Å². The number of carbonyl (C=O) groups is 2. The fourth-order valence-electron chi connectivity index (χ4n) is 1.07. The standard InChI is InChI=1S/C10H15NO4/c1-6(9(12)13)5-8(3-4-11)7(2)10(14)15/h5,8H,2-4,11H2,1H3,(H,12,13)(H,14,15). The maximum Gasteiger partial charge on any atom is 0.331 e. The summed E-state index contributed by atoms with van der Waals surface area (Å²) >= 11 is 0. The molecule has 0 aromatic carbocycles. The lowest BCUT2D eigenvalue weighted by Crippen LogP contribution is -2.15. The van der Waals surface area contributed by atoms with Crippen molar-refractivity contribution in [1.29, 1.82) is 0 Å². The quantitative estimate of drug-likeness (QED) is 0.561. The van der Waals surface area contributed by atoms with Crippen LogP contribution in [-0.2, 0) is 9.59 Å². The highest BCUT2D eigenvalue weighted by Crippen LogP contribution is 2.17. The van der Waals surface area contributed by atoms with E-state index >= 15 is 0 Å². The van der Waals surface area contributed by atoms with Gasteiger partial charge in [-0.05, 0) is 19.9 Å². The molecule has 0 aliphatic carbocycles. The van der Waals surface area contributed by atoms with Gasteiger partial charge in [-0.2, -0.15) is 0 Å². The summed E-state index contributed by atoms with van der Waals surface area (Å²) in [5.74, 6) is -2.73. The number of aliphatic carboxylic acids is 2. The van der Waals surface area contributed by atoms with Crippen LogP contribution in [0.25, 0.3) is 0 Å². The van der Waals surface area contributed by atoms with Crippen LogP contribution in [-0.4, -0.2) is 28.7 Å². The molecule has 1 atom stereocenters. The summed E-state index contributed by atoms with van der Waals surface area (Å²) in [4.78, 5) is 21.2. The first kappa shape index (κ1) is 13.4. The Bertz CT molecular complexity index is 307.